The summed E-state index contributed by atoms with van der Waals surface area (Å²) in [4.78, 5) is 0. The third kappa shape index (κ3) is 4.31. The van der Waals surface area contributed by atoms with Crippen molar-refractivity contribution in [3.8, 4) is 6.07 Å². The van der Waals surface area contributed by atoms with Crippen LogP contribution >= 0.6 is 15.9 Å². The van der Waals surface area contributed by atoms with Gasteiger partial charge < -0.3 is 0 Å². The van der Waals surface area contributed by atoms with Gasteiger partial charge in [-0.05, 0) is 58.2 Å². The molecule has 0 bridgehead atoms. The molecule has 0 unspecified atom stereocenters. The molecule has 2 aromatic rings. The van der Waals surface area contributed by atoms with Crippen molar-refractivity contribution in [3.63, 3.8) is 0 Å². The lowest BCUT2D eigenvalue weighted by Gasteiger charge is -2.10. The van der Waals surface area contributed by atoms with E-state index in [1.54, 1.807) is 36.4 Å². The first-order valence-corrected chi connectivity index (χ1v) is 8.60. The Hall–Kier alpha value is -1.84. The van der Waals surface area contributed by atoms with Crippen LogP contribution in [0, 0.1) is 18.3 Å². The van der Waals surface area contributed by atoms with Gasteiger partial charge in [0.25, 0.3) is 0 Å². The van der Waals surface area contributed by atoms with E-state index >= 15 is 0 Å². The number of nitriles is 1. The molecule has 2 aromatic carbocycles. The topological polar surface area (TPSA) is 70.0 Å². The molecule has 0 aliphatic heterocycles. The second-order valence-electron chi connectivity index (χ2n) is 4.65. The van der Waals surface area contributed by atoms with Crippen molar-refractivity contribution in [2.45, 2.75) is 12.7 Å². The van der Waals surface area contributed by atoms with Crippen LogP contribution in [0.1, 0.15) is 16.7 Å². The Kier molecular flexibility index (Phi) is 4.66. The molecule has 6 heteroatoms. The lowest BCUT2D eigenvalue weighted by Crippen LogP contribution is -2.15. The molecule has 21 heavy (non-hydrogen) atoms. The summed E-state index contributed by atoms with van der Waals surface area (Å²) in [6.45, 7) is 1.89. The van der Waals surface area contributed by atoms with Crippen LogP contribution in [-0.2, 0) is 15.8 Å². The summed E-state index contributed by atoms with van der Waals surface area (Å²) in [5.74, 6) is -0.140. The number of aryl methyl sites for hydroxylation is 1. The van der Waals surface area contributed by atoms with Crippen molar-refractivity contribution in [1.82, 2.24) is 0 Å². The van der Waals surface area contributed by atoms with E-state index in [-0.39, 0.29) is 5.75 Å². The molecular weight excluding hydrogens is 352 g/mol. The van der Waals surface area contributed by atoms with Crippen molar-refractivity contribution < 1.29 is 8.42 Å². The number of benzene rings is 2. The zero-order chi connectivity index (χ0) is 15.5. The van der Waals surface area contributed by atoms with Crippen molar-refractivity contribution in [3.05, 3.63) is 63.6 Å². The fourth-order valence-corrected chi connectivity index (χ4v) is 3.50. The van der Waals surface area contributed by atoms with Gasteiger partial charge in [-0.15, -0.1) is 0 Å². The second kappa shape index (κ2) is 6.29. The zero-order valence-corrected chi connectivity index (χ0v) is 13.7. The molecule has 0 spiro atoms. The van der Waals surface area contributed by atoms with Crippen molar-refractivity contribution >= 4 is 31.6 Å². The minimum absolute atomic E-state index is 0.140. The molecule has 4 nitrogen and oxygen atoms in total. The first-order valence-electron chi connectivity index (χ1n) is 6.15. The van der Waals surface area contributed by atoms with Gasteiger partial charge >= 0.3 is 0 Å². The van der Waals surface area contributed by atoms with Crippen LogP contribution in [0.3, 0.4) is 0 Å². The average Bonchev–Trinajstić information content (AvgIpc) is 2.43. The van der Waals surface area contributed by atoms with E-state index in [0.717, 1.165) is 5.56 Å². The molecule has 0 saturated carbocycles. The van der Waals surface area contributed by atoms with Gasteiger partial charge in [0.05, 0.1) is 23.1 Å². The molecule has 1 N–H and O–H groups in total. The van der Waals surface area contributed by atoms with Crippen molar-refractivity contribution in [1.29, 1.82) is 5.26 Å². The summed E-state index contributed by atoms with van der Waals surface area (Å²) in [5.41, 5.74) is 2.62. The molecule has 0 atom stereocenters. The molecular formula is C15H13BrN2O2S. The first kappa shape index (κ1) is 15.5. The van der Waals surface area contributed by atoms with Gasteiger partial charge in [0.1, 0.15) is 0 Å². The highest BCUT2D eigenvalue weighted by Crippen LogP contribution is 2.25. The van der Waals surface area contributed by atoms with Gasteiger partial charge in [-0.25, -0.2) is 8.42 Å². The number of hydrogen-bond donors (Lipinski definition) is 1. The average molecular weight is 365 g/mol. The van der Waals surface area contributed by atoms with E-state index in [9.17, 15) is 8.42 Å². The Morgan fingerprint density at radius 3 is 2.48 bits per heavy atom. The quantitative estimate of drug-likeness (QED) is 0.901. The van der Waals surface area contributed by atoms with Gasteiger partial charge in [0.15, 0.2) is 0 Å². The third-order valence-electron chi connectivity index (χ3n) is 2.83. The van der Waals surface area contributed by atoms with Gasteiger partial charge in [-0.3, -0.25) is 4.72 Å². The Balaban J connectivity index is 2.18. The smallest absolute Gasteiger partial charge is 0.236 e. The maximum atomic E-state index is 12.2. The Morgan fingerprint density at radius 1 is 1.19 bits per heavy atom. The summed E-state index contributed by atoms with van der Waals surface area (Å²) in [7, 11) is -3.51. The maximum Gasteiger partial charge on any atom is 0.236 e. The van der Waals surface area contributed by atoms with Gasteiger partial charge in [0.2, 0.25) is 10.0 Å². The summed E-state index contributed by atoms with van der Waals surface area (Å²) >= 11 is 3.32. The molecule has 108 valence electrons. The van der Waals surface area contributed by atoms with Crippen LogP contribution in [0.4, 0.5) is 5.69 Å². The number of anilines is 1. The van der Waals surface area contributed by atoms with E-state index in [1.807, 2.05) is 19.1 Å². The van der Waals surface area contributed by atoms with Gasteiger partial charge in [0, 0.05) is 4.47 Å². The molecule has 0 radical (unpaired) electrons. The summed E-state index contributed by atoms with van der Waals surface area (Å²) < 4.78 is 27.6. The molecule has 0 fully saturated rings. The standard InChI is InChI=1S/C15H13BrN2O2S/c1-11-2-7-14(16)15(8-11)18-21(19,20)10-13-5-3-12(9-17)4-6-13/h2-8,18H,10H2,1H3. The predicted octanol–water partition coefficient (Wildman–Crippen LogP) is 3.57. The highest BCUT2D eigenvalue weighted by molar-refractivity contribution is 9.10. The Labute approximate surface area is 132 Å². The number of rotatable bonds is 4. The van der Waals surface area contributed by atoms with E-state index in [1.165, 1.54) is 0 Å². The highest BCUT2D eigenvalue weighted by Gasteiger charge is 2.13. The zero-order valence-electron chi connectivity index (χ0n) is 11.3. The predicted molar refractivity (Wildman–Crippen MR) is 86.3 cm³/mol. The minimum atomic E-state index is -3.51. The number of hydrogen-bond acceptors (Lipinski definition) is 3. The number of halogens is 1. The normalized spacial score (nSPS) is 10.9. The summed E-state index contributed by atoms with van der Waals surface area (Å²) in [6, 6.07) is 13.9. The lowest BCUT2D eigenvalue weighted by atomic mass is 10.2. The molecule has 0 amide bonds. The lowest BCUT2D eigenvalue weighted by molar-refractivity contribution is 0.600. The summed E-state index contributed by atoms with van der Waals surface area (Å²) in [6.07, 6.45) is 0. The largest absolute Gasteiger partial charge is 0.282 e. The first-order chi connectivity index (χ1) is 9.89. The molecule has 0 aliphatic rings. The number of nitrogens with one attached hydrogen (secondary N) is 1. The minimum Gasteiger partial charge on any atom is -0.282 e. The van der Waals surface area contributed by atoms with Gasteiger partial charge in [-0.2, -0.15) is 5.26 Å². The maximum absolute atomic E-state index is 12.2. The van der Waals surface area contributed by atoms with E-state index in [4.69, 9.17) is 5.26 Å². The Morgan fingerprint density at radius 2 is 1.86 bits per heavy atom. The highest BCUT2D eigenvalue weighted by atomic mass is 79.9. The number of sulfonamides is 1. The SMILES string of the molecule is Cc1ccc(Br)c(NS(=O)(=O)Cc2ccc(C#N)cc2)c1. The fourth-order valence-electron chi connectivity index (χ4n) is 1.82. The Bertz CT molecular complexity index is 793. The summed E-state index contributed by atoms with van der Waals surface area (Å²) in [5, 5.41) is 8.73. The molecule has 0 heterocycles. The van der Waals surface area contributed by atoms with Crippen LogP contribution in [0.2, 0.25) is 0 Å². The second-order valence-corrected chi connectivity index (χ2v) is 7.23. The van der Waals surface area contributed by atoms with E-state index < -0.39 is 10.0 Å². The molecule has 0 saturated heterocycles. The van der Waals surface area contributed by atoms with Crippen molar-refractivity contribution in [2.75, 3.05) is 4.72 Å². The van der Waals surface area contributed by atoms with Crippen LogP contribution in [0.25, 0.3) is 0 Å². The van der Waals surface area contributed by atoms with Crippen molar-refractivity contribution in [2.24, 2.45) is 0 Å². The van der Waals surface area contributed by atoms with Crippen LogP contribution in [0.15, 0.2) is 46.9 Å². The van der Waals surface area contributed by atoms with Crippen LogP contribution in [-0.4, -0.2) is 8.42 Å². The van der Waals surface area contributed by atoms with E-state index in [2.05, 4.69) is 20.7 Å². The molecule has 0 aliphatic carbocycles. The van der Waals surface area contributed by atoms with Crippen LogP contribution in [0.5, 0.6) is 0 Å². The molecule has 0 aromatic heterocycles. The van der Waals surface area contributed by atoms with Gasteiger partial charge in [-0.1, -0.05) is 18.2 Å². The van der Waals surface area contributed by atoms with Crippen LogP contribution < -0.4 is 4.72 Å². The molecule has 2 rings (SSSR count). The fraction of sp³-hybridized carbons (Fsp3) is 0.133. The number of nitrogens with zero attached hydrogens (tertiary/aromatic N) is 1. The monoisotopic (exact) mass is 364 g/mol. The van der Waals surface area contributed by atoms with E-state index in [0.29, 0.717) is 21.3 Å². The third-order valence-corrected chi connectivity index (χ3v) is 4.76.